The first kappa shape index (κ1) is 15.5. The smallest absolute Gasteiger partial charge is 0.220 e. The molecule has 2 aromatic rings. The summed E-state index contributed by atoms with van der Waals surface area (Å²) in [5.41, 5.74) is 1.12. The number of carbonyl (C=O) groups is 1. The molecule has 0 aliphatic carbocycles. The second-order valence-corrected chi connectivity index (χ2v) is 6.97. The van der Waals surface area contributed by atoms with Crippen molar-refractivity contribution in [1.82, 2.24) is 15.2 Å². The Kier molecular flexibility index (Phi) is 4.43. The van der Waals surface area contributed by atoms with Gasteiger partial charge in [-0.15, -0.1) is 0 Å². The van der Waals surface area contributed by atoms with E-state index >= 15 is 0 Å². The molecule has 4 rings (SSSR count). The van der Waals surface area contributed by atoms with Crippen LogP contribution in [0, 0.1) is 0 Å². The lowest BCUT2D eigenvalue weighted by molar-refractivity contribution is -0.123. The molecule has 1 amide bonds. The van der Waals surface area contributed by atoms with Gasteiger partial charge < -0.3 is 19.9 Å². The summed E-state index contributed by atoms with van der Waals surface area (Å²) in [5.74, 6) is 1.19. The van der Waals surface area contributed by atoms with E-state index in [0.29, 0.717) is 12.5 Å². The first-order chi connectivity index (χ1) is 11.8. The molecule has 5 heteroatoms. The number of fused-ring (bicyclic) bond motifs is 1. The summed E-state index contributed by atoms with van der Waals surface area (Å²) >= 11 is 0. The number of nitrogens with zero attached hydrogens (tertiary/aromatic N) is 1. The highest BCUT2D eigenvalue weighted by Crippen LogP contribution is 2.27. The summed E-state index contributed by atoms with van der Waals surface area (Å²) in [6.45, 7) is 3.06. The number of rotatable bonds is 4. The minimum absolute atomic E-state index is 0.212. The summed E-state index contributed by atoms with van der Waals surface area (Å²) in [6.07, 6.45) is 7.15. The number of benzene rings is 1. The second-order valence-electron chi connectivity index (χ2n) is 6.97. The van der Waals surface area contributed by atoms with Crippen molar-refractivity contribution >= 4 is 16.8 Å². The van der Waals surface area contributed by atoms with Crippen molar-refractivity contribution in [3.63, 3.8) is 0 Å². The van der Waals surface area contributed by atoms with Gasteiger partial charge in [0.25, 0.3) is 0 Å². The molecule has 3 heterocycles. The Balaban J connectivity index is 1.30. The number of aromatic amines is 1. The Hall–Kier alpha value is -2.01. The van der Waals surface area contributed by atoms with Crippen molar-refractivity contribution in [3.05, 3.63) is 30.5 Å². The molecule has 0 radical (unpaired) electrons. The van der Waals surface area contributed by atoms with Crippen molar-refractivity contribution in [1.29, 1.82) is 0 Å². The normalized spacial score (nSPS) is 23.3. The standard InChI is InChI=1S/C19H25N3O2/c23-19-6-1-3-14(21-19)13-22-11-8-15(9-12-22)24-18-5-2-4-17-16(18)7-10-20-17/h2,4-5,7,10,14-15,20H,1,3,6,8-9,11-13H2,(H,21,23). The van der Waals surface area contributed by atoms with Crippen molar-refractivity contribution in [3.8, 4) is 5.75 Å². The first-order valence-electron chi connectivity index (χ1n) is 9.02. The van der Waals surface area contributed by atoms with E-state index in [1.165, 1.54) is 0 Å². The molecular formula is C19H25N3O2. The van der Waals surface area contributed by atoms with Gasteiger partial charge >= 0.3 is 0 Å². The number of hydrogen-bond donors (Lipinski definition) is 2. The van der Waals surface area contributed by atoms with E-state index in [9.17, 15) is 4.79 Å². The molecule has 128 valence electrons. The van der Waals surface area contributed by atoms with Gasteiger partial charge in [0, 0.05) is 49.2 Å². The molecule has 24 heavy (non-hydrogen) atoms. The Morgan fingerprint density at radius 3 is 2.88 bits per heavy atom. The highest BCUT2D eigenvalue weighted by molar-refractivity contribution is 5.85. The number of piperidine rings is 2. The number of ether oxygens (including phenoxy) is 1. The Bertz CT molecular complexity index is 703. The molecule has 2 aliphatic rings. The number of amides is 1. The molecule has 2 aliphatic heterocycles. The molecule has 1 unspecified atom stereocenters. The van der Waals surface area contributed by atoms with Crippen LogP contribution in [0.1, 0.15) is 32.1 Å². The van der Waals surface area contributed by atoms with Crippen LogP contribution in [0.3, 0.4) is 0 Å². The SMILES string of the molecule is O=C1CCCC(CN2CCC(Oc3cccc4[nH]ccc34)CC2)N1. The van der Waals surface area contributed by atoms with Gasteiger partial charge in [-0.2, -0.15) is 0 Å². The molecule has 1 atom stereocenters. The van der Waals surface area contributed by atoms with Crippen molar-refractivity contribution < 1.29 is 9.53 Å². The quantitative estimate of drug-likeness (QED) is 0.908. The van der Waals surface area contributed by atoms with Crippen LogP contribution in [0.5, 0.6) is 5.75 Å². The molecule has 0 spiro atoms. The van der Waals surface area contributed by atoms with E-state index in [0.717, 1.165) is 62.0 Å². The van der Waals surface area contributed by atoms with Crippen LogP contribution in [0.15, 0.2) is 30.5 Å². The highest BCUT2D eigenvalue weighted by atomic mass is 16.5. The Morgan fingerprint density at radius 1 is 1.17 bits per heavy atom. The summed E-state index contributed by atoms with van der Waals surface area (Å²) in [7, 11) is 0. The zero-order valence-corrected chi connectivity index (χ0v) is 14.0. The van der Waals surface area contributed by atoms with E-state index in [1.807, 2.05) is 12.3 Å². The average Bonchev–Trinajstić information content (AvgIpc) is 3.06. The monoisotopic (exact) mass is 327 g/mol. The fraction of sp³-hybridized carbons (Fsp3) is 0.526. The van der Waals surface area contributed by atoms with Crippen LogP contribution in [0.25, 0.3) is 10.9 Å². The van der Waals surface area contributed by atoms with Crippen LogP contribution in [0.2, 0.25) is 0 Å². The Labute approximate surface area is 142 Å². The Morgan fingerprint density at radius 2 is 2.04 bits per heavy atom. The molecule has 2 saturated heterocycles. The van der Waals surface area contributed by atoms with Gasteiger partial charge in [0.2, 0.25) is 5.91 Å². The number of aromatic nitrogens is 1. The summed E-state index contributed by atoms with van der Waals surface area (Å²) in [6, 6.07) is 8.57. The third-order valence-corrected chi connectivity index (χ3v) is 5.18. The van der Waals surface area contributed by atoms with Crippen LogP contribution < -0.4 is 10.1 Å². The molecule has 0 saturated carbocycles. The first-order valence-corrected chi connectivity index (χ1v) is 9.02. The van der Waals surface area contributed by atoms with E-state index in [-0.39, 0.29) is 12.0 Å². The van der Waals surface area contributed by atoms with Gasteiger partial charge in [-0.1, -0.05) is 6.07 Å². The predicted molar refractivity (Wildman–Crippen MR) is 94.2 cm³/mol. The van der Waals surface area contributed by atoms with Gasteiger partial charge in [0.05, 0.1) is 0 Å². The predicted octanol–water partition coefficient (Wildman–Crippen LogP) is 2.68. The van der Waals surface area contributed by atoms with Crippen LogP contribution >= 0.6 is 0 Å². The van der Waals surface area contributed by atoms with Crippen molar-refractivity contribution in [2.24, 2.45) is 0 Å². The third-order valence-electron chi connectivity index (χ3n) is 5.18. The van der Waals surface area contributed by atoms with Gasteiger partial charge in [-0.25, -0.2) is 0 Å². The number of hydrogen-bond acceptors (Lipinski definition) is 3. The second kappa shape index (κ2) is 6.85. The topological polar surface area (TPSA) is 57.4 Å². The van der Waals surface area contributed by atoms with Gasteiger partial charge in [-0.05, 0) is 43.9 Å². The van der Waals surface area contributed by atoms with E-state index < -0.39 is 0 Å². The van der Waals surface area contributed by atoms with Crippen LogP contribution in [0.4, 0.5) is 0 Å². The van der Waals surface area contributed by atoms with E-state index in [4.69, 9.17) is 4.74 Å². The summed E-state index contributed by atoms with van der Waals surface area (Å²) in [4.78, 5) is 17.2. The average molecular weight is 327 g/mol. The number of H-pyrrole nitrogens is 1. The molecule has 2 fully saturated rings. The lowest BCUT2D eigenvalue weighted by Crippen LogP contribution is -2.49. The molecule has 1 aromatic carbocycles. The lowest BCUT2D eigenvalue weighted by atomic mass is 10.0. The van der Waals surface area contributed by atoms with Gasteiger partial charge in [0.1, 0.15) is 11.9 Å². The fourth-order valence-corrected chi connectivity index (χ4v) is 3.88. The van der Waals surface area contributed by atoms with Crippen LogP contribution in [-0.4, -0.2) is 47.6 Å². The minimum atomic E-state index is 0.212. The van der Waals surface area contributed by atoms with Gasteiger partial charge in [-0.3, -0.25) is 4.79 Å². The maximum Gasteiger partial charge on any atom is 0.220 e. The molecular weight excluding hydrogens is 302 g/mol. The summed E-state index contributed by atoms with van der Waals surface area (Å²) in [5, 5.41) is 4.27. The highest BCUT2D eigenvalue weighted by Gasteiger charge is 2.25. The zero-order valence-electron chi connectivity index (χ0n) is 14.0. The molecule has 2 N–H and O–H groups in total. The van der Waals surface area contributed by atoms with E-state index in [2.05, 4.69) is 33.4 Å². The number of carbonyl (C=O) groups excluding carboxylic acids is 1. The van der Waals surface area contributed by atoms with E-state index in [1.54, 1.807) is 0 Å². The largest absolute Gasteiger partial charge is 0.490 e. The van der Waals surface area contributed by atoms with Crippen LogP contribution in [-0.2, 0) is 4.79 Å². The van der Waals surface area contributed by atoms with Crippen molar-refractivity contribution in [2.45, 2.75) is 44.2 Å². The maximum absolute atomic E-state index is 11.5. The van der Waals surface area contributed by atoms with Crippen molar-refractivity contribution in [2.75, 3.05) is 19.6 Å². The third kappa shape index (κ3) is 3.41. The zero-order chi connectivity index (χ0) is 16.4. The molecule has 0 bridgehead atoms. The number of likely N-dealkylation sites (tertiary alicyclic amines) is 1. The molecule has 1 aromatic heterocycles. The summed E-state index contributed by atoms with van der Waals surface area (Å²) < 4.78 is 6.27. The maximum atomic E-state index is 11.5. The fourth-order valence-electron chi connectivity index (χ4n) is 3.88. The number of nitrogens with one attached hydrogen (secondary N) is 2. The van der Waals surface area contributed by atoms with Gasteiger partial charge in [0.15, 0.2) is 0 Å². The molecule has 5 nitrogen and oxygen atoms in total. The minimum Gasteiger partial charge on any atom is -0.490 e. The lowest BCUT2D eigenvalue weighted by Gasteiger charge is -2.35.